The second-order valence-corrected chi connectivity index (χ2v) is 6.46. The molecular formula is C21H21N5O3. The van der Waals surface area contributed by atoms with Crippen LogP contribution >= 0.6 is 0 Å². The van der Waals surface area contributed by atoms with Crippen LogP contribution in [-0.4, -0.2) is 36.9 Å². The van der Waals surface area contributed by atoms with E-state index < -0.39 is 6.09 Å². The Morgan fingerprint density at radius 1 is 1.14 bits per heavy atom. The number of aryl methyl sites for hydroxylation is 1. The van der Waals surface area contributed by atoms with Crippen molar-refractivity contribution in [2.45, 2.75) is 20.3 Å². The zero-order valence-electron chi connectivity index (χ0n) is 16.1. The molecule has 1 amide bonds. The predicted molar refractivity (Wildman–Crippen MR) is 109 cm³/mol. The van der Waals surface area contributed by atoms with Gasteiger partial charge in [0.15, 0.2) is 0 Å². The van der Waals surface area contributed by atoms with Crippen molar-refractivity contribution in [2.24, 2.45) is 5.73 Å². The average Bonchev–Trinajstić information content (AvgIpc) is 3.25. The zero-order chi connectivity index (χ0) is 21.0. The number of aromatic amines is 1. The number of nitrogens with two attached hydrogens (primary N) is 1. The molecular weight excluding hydrogens is 370 g/mol. The third kappa shape index (κ3) is 4.32. The second kappa shape index (κ2) is 8.39. The summed E-state index contributed by atoms with van der Waals surface area (Å²) in [6, 6.07) is 12.7. The Balaban J connectivity index is 0.000000224. The third-order valence-electron chi connectivity index (χ3n) is 4.58. The number of nitrogens with one attached hydrogen (secondary N) is 1. The molecule has 1 aromatic carbocycles. The van der Waals surface area contributed by atoms with Gasteiger partial charge >= 0.3 is 6.09 Å². The number of nitrogens with zero attached hydrogens (tertiary/aromatic N) is 3. The molecule has 0 spiro atoms. The van der Waals surface area contributed by atoms with Gasteiger partial charge in [-0.05, 0) is 43.7 Å². The van der Waals surface area contributed by atoms with Crippen LogP contribution in [0.3, 0.4) is 0 Å². The minimum Gasteiger partial charge on any atom is -0.463 e. The van der Waals surface area contributed by atoms with Gasteiger partial charge in [0.1, 0.15) is 5.65 Å². The molecule has 148 valence electrons. The van der Waals surface area contributed by atoms with Gasteiger partial charge < -0.3 is 15.8 Å². The van der Waals surface area contributed by atoms with Gasteiger partial charge in [-0.2, -0.15) is 9.78 Å². The first kappa shape index (κ1) is 19.8. The average molecular weight is 391 g/mol. The molecule has 0 bridgehead atoms. The Kier molecular flexibility index (Phi) is 5.73. The molecule has 0 saturated carbocycles. The van der Waals surface area contributed by atoms with Crippen LogP contribution < -0.4 is 5.73 Å². The van der Waals surface area contributed by atoms with E-state index >= 15 is 0 Å². The summed E-state index contributed by atoms with van der Waals surface area (Å²) in [6.45, 7) is 3.60. The van der Waals surface area contributed by atoms with Crippen molar-refractivity contribution in [3.8, 4) is 0 Å². The molecule has 4 aromatic rings. The van der Waals surface area contributed by atoms with Crippen LogP contribution in [0.15, 0.2) is 54.9 Å². The molecule has 4 rings (SSSR count). The number of carboxylic acid groups (broad SMARTS) is 1. The van der Waals surface area contributed by atoms with E-state index in [1.807, 2.05) is 31.3 Å². The molecule has 0 aliphatic heterocycles. The summed E-state index contributed by atoms with van der Waals surface area (Å²) in [4.78, 5) is 28.9. The first-order chi connectivity index (χ1) is 13.9. The van der Waals surface area contributed by atoms with Crippen LogP contribution in [0.25, 0.3) is 11.0 Å². The summed E-state index contributed by atoms with van der Waals surface area (Å²) < 4.78 is 1.03. The Morgan fingerprint density at radius 2 is 1.86 bits per heavy atom. The van der Waals surface area contributed by atoms with Gasteiger partial charge in [-0.1, -0.05) is 18.2 Å². The van der Waals surface area contributed by atoms with Crippen molar-refractivity contribution in [3.05, 3.63) is 82.9 Å². The Bertz CT molecular complexity index is 1160. The van der Waals surface area contributed by atoms with Crippen molar-refractivity contribution in [1.29, 1.82) is 0 Å². The number of primary amides is 1. The zero-order valence-corrected chi connectivity index (χ0v) is 16.1. The van der Waals surface area contributed by atoms with Crippen LogP contribution in [0.4, 0.5) is 4.79 Å². The highest BCUT2D eigenvalue weighted by atomic mass is 16.4. The lowest BCUT2D eigenvalue weighted by molar-refractivity contribution is 0.1000. The monoisotopic (exact) mass is 391 g/mol. The van der Waals surface area contributed by atoms with Crippen LogP contribution in [0.2, 0.25) is 0 Å². The fourth-order valence-corrected chi connectivity index (χ4v) is 3.07. The topological polar surface area (TPSA) is 127 Å². The molecule has 0 saturated heterocycles. The largest absolute Gasteiger partial charge is 0.463 e. The number of hydrogen-bond donors (Lipinski definition) is 3. The van der Waals surface area contributed by atoms with Gasteiger partial charge in [0, 0.05) is 35.3 Å². The summed E-state index contributed by atoms with van der Waals surface area (Å²) in [7, 11) is 0. The molecule has 0 unspecified atom stereocenters. The molecule has 29 heavy (non-hydrogen) atoms. The smallest absolute Gasteiger partial charge is 0.432 e. The number of pyridine rings is 1. The first-order valence-corrected chi connectivity index (χ1v) is 8.92. The molecule has 0 aliphatic rings. The van der Waals surface area contributed by atoms with Gasteiger partial charge in [-0.15, -0.1) is 0 Å². The third-order valence-corrected chi connectivity index (χ3v) is 4.58. The van der Waals surface area contributed by atoms with E-state index in [4.69, 9.17) is 10.8 Å². The minimum atomic E-state index is -1.06. The van der Waals surface area contributed by atoms with E-state index in [9.17, 15) is 9.59 Å². The number of benzene rings is 1. The fraction of sp³-hybridized carbons (Fsp3) is 0.143. The van der Waals surface area contributed by atoms with Crippen molar-refractivity contribution in [3.63, 3.8) is 0 Å². The Labute approximate surface area is 167 Å². The van der Waals surface area contributed by atoms with Crippen molar-refractivity contribution in [2.75, 3.05) is 0 Å². The minimum absolute atomic E-state index is 0.379. The standard InChI is InChI=1S/C14H14N4O2.C7H7NO/c1-8-12(9(2)18(17-8)14(19)20)6-10-7-16-13-11(10)4-3-5-15-13;8-7(9)6-4-2-1-3-5-6/h3-5,7H,6H2,1-2H3,(H,15,16)(H,19,20);1-5H,(H2,8,9). The number of carbonyl (C=O) groups is 2. The number of amides is 1. The summed E-state index contributed by atoms with van der Waals surface area (Å²) in [5.41, 5.74) is 9.79. The lowest BCUT2D eigenvalue weighted by atomic mass is 10.0. The Morgan fingerprint density at radius 3 is 2.45 bits per heavy atom. The number of hydrogen-bond acceptors (Lipinski definition) is 4. The summed E-state index contributed by atoms with van der Waals surface area (Å²) in [5, 5.41) is 14.2. The molecule has 4 N–H and O–H groups in total. The van der Waals surface area contributed by atoms with Gasteiger partial charge in [-0.25, -0.2) is 9.78 Å². The molecule has 3 heterocycles. The van der Waals surface area contributed by atoms with E-state index in [0.717, 1.165) is 32.5 Å². The fourth-order valence-electron chi connectivity index (χ4n) is 3.07. The molecule has 8 nitrogen and oxygen atoms in total. The highest BCUT2D eigenvalue weighted by molar-refractivity contribution is 5.92. The van der Waals surface area contributed by atoms with E-state index in [-0.39, 0.29) is 5.91 Å². The van der Waals surface area contributed by atoms with E-state index in [2.05, 4.69) is 15.1 Å². The lowest BCUT2D eigenvalue weighted by Crippen LogP contribution is -2.11. The summed E-state index contributed by atoms with van der Waals surface area (Å²) >= 11 is 0. The summed E-state index contributed by atoms with van der Waals surface area (Å²) in [5.74, 6) is -0.379. The maximum absolute atomic E-state index is 11.1. The molecule has 8 heteroatoms. The van der Waals surface area contributed by atoms with Crippen molar-refractivity contribution < 1.29 is 14.7 Å². The van der Waals surface area contributed by atoms with E-state index in [0.29, 0.717) is 17.7 Å². The van der Waals surface area contributed by atoms with E-state index in [1.54, 1.807) is 37.4 Å². The highest BCUT2D eigenvalue weighted by Gasteiger charge is 2.17. The maximum atomic E-state index is 11.1. The number of aromatic nitrogens is 4. The van der Waals surface area contributed by atoms with Crippen LogP contribution in [0.5, 0.6) is 0 Å². The van der Waals surface area contributed by atoms with Crippen LogP contribution in [-0.2, 0) is 6.42 Å². The Hall–Kier alpha value is -3.94. The van der Waals surface area contributed by atoms with Gasteiger partial charge in [0.05, 0.1) is 11.4 Å². The number of fused-ring (bicyclic) bond motifs is 1. The molecule has 0 aliphatic carbocycles. The van der Waals surface area contributed by atoms with Crippen molar-refractivity contribution in [1.82, 2.24) is 19.7 Å². The predicted octanol–water partition coefficient (Wildman–Crippen LogP) is 3.28. The first-order valence-electron chi connectivity index (χ1n) is 8.92. The van der Waals surface area contributed by atoms with Crippen LogP contribution in [0.1, 0.15) is 32.9 Å². The molecule has 0 radical (unpaired) electrons. The molecule has 0 atom stereocenters. The van der Waals surface area contributed by atoms with Crippen LogP contribution in [0, 0.1) is 13.8 Å². The SMILES string of the molecule is Cc1nn(C(=O)O)c(C)c1Cc1c[nH]c2ncccc12.NC(=O)c1ccccc1. The van der Waals surface area contributed by atoms with Gasteiger partial charge in [0.2, 0.25) is 5.91 Å². The van der Waals surface area contributed by atoms with Crippen molar-refractivity contribution >= 4 is 23.0 Å². The van der Waals surface area contributed by atoms with Gasteiger partial charge in [-0.3, -0.25) is 4.79 Å². The molecule has 0 fully saturated rings. The van der Waals surface area contributed by atoms with E-state index in [1.165, 1.54) is 0 Å². The highest BCUT2D eigenvalue weighted by Crippen LogP contribution is 2.22. The second-order valence-electron chi connectivity index (χ2n) is 6.46. The number of rotatable bonds is 3. The summed E-state index contributed by atoms with van der Waals surface area (Å²) in [6.07, 6.45) is 3.23. The quantitative estimate of drug-likeness (QED) is 0.494. The number of carbonyl (C=O) groups excluding carboxylic acids is 1. The lowest BCUT2D eigenvalue weighted by Gasteiger charge is -2.01. The maximum Gasteiger partial charge on any atom is 0.432 e. The normalized spacial score (nSPS) is 10.4. The van der Waals surface area contributed by atoms with Gasteiger partial charge in [0.25, 0.3) is 0 Å². The molecule has 3 aromatic heterocycles. The number of H-pyrrole nitrogens is 1.